The van der Waals surface area contributed by atoms with Crippen molar-refractivity contribution in [2.75, 3.05) is 39.9 Å². The lowest BCUT2D eigenvalue weighted by molar-refractivity contribution is -0.120. The van der Waals surface area contributed by atoms with Gasteiger partial charge in [-0.25, -0.2) is 0 Å². The minimum Gasteiger partial charge on any atom is -0.383 e. The van der Waals surface area contributed by atoms with Gasteiger partial charge < -0.3 is 15.0 Å². The van der Waals surface area contributed by atoms with E-state index in [0.29, 0.717) is 12.3 Å². The molecule has 4 heteroatoms. The molecule has 0 aromatic heterocycles. The predicted octanol–water partition coefficient (Wildman–Crippen LogP) is 2.01. The molecular formula is C18H28N2O2. The van der Waals surface area contributed by atoms with E-state index in [0.717, 1.165) is 51.2 Å². The van der Waals surface area contributed by atoms with Gasteiger partial charge in [0.05, 0.1) is 13.0 Å². The first-order valence-electron chi connectivity index (χ1n) is 8.21. The van der Waals surface area contributed by atoms with Crippen molar-refractivity contribution in [1.82, 2.24) is 10.2 Å². The second kappa shape index (κ2) is 8.91. The van der Waals surface area contributed by atoms with Crippen LogP contribution >= 0.6 is 0 Å². The van der Waals surface area contributed by atoms with Gasteiger partial charge in [-0.05, 0) is 44.3 Å². The second-order valence-electron chi connectivity index (χ2n) is 6.25. The summed E-state index contributed by atoms with van der Waals surface area (Å²) in [5.41, 5.74) is 2.29. The third-order valence-electron chi connectivity index (χ3n) is 4.35. The molecule has 0 atom stereocenters. The maximum absolute atomic E-state index is 12.0. The lowest BCUT2D eigenvalue weighted by Gasteiger charge is -2.31. The molecule has 1 saturated heterocycles. The Morgan fingerprint density at radius 1 is 1.36 bits per heavy atom. The molecule has 2 rings (SSSR count). The second-order valence-corrected chi connectivity index (χ2v) is 6.25. The molecule has 22 heavy (non-hydrogen) atoms. The van der Waals surface area contributed by atoms with E-state index in [1.807, 2.05) is 12.1 Å². The Labute approximate surface area is 133 Å². The van der Waals surface area contributed by atoms with Crippen molar-refractivity contribution >= 4 is 5.91 Å². The normalized spacial score (nSPS) is 16.6. The molecule has 1 aliphatic heterocycles. The predicted molar refractivity (Wildman–Crippen MR) is 88.9 cm³/mol. The van der Waals surface area contributed by atoms with Gasteiger partial charge >= 0.3 is 0 Å². The van der Waals surface area contributed by atoms with Gasteiger partial charge in [-0.3, -0.25) is 4.79 Å². The molecule has 1 aromatic rings. The summed E-state index contributed by atoms with van der Waals surface area (Å²) in [6.07, 6.45) is 2.80. The van der Waals surface area contributed by atoms with E-state index < -0.39 is 0 Å². The number of amides is 1. The summed E-state index contributed by atoms with van der Waals surface area (Å²) in [4.78, 5) is 14.5. The minimum atomic E-state index is 0.132. The number of likely N-dealkylation sites (tertiary alicyclic amines) is 1. The quantitative estimate of drug-likeness (QED) is 0.838. The van der Waals surface area contributed by atoms with E-state index in [1.54, 1.807) is 7.11 Å². The maximum atomic E-state index is 12.0. The van der Waals surface area contributed by atoms with Crippen LogP contribution in [0.1, 0.15) is 24.0 Å². The number of aryl methyl sites for hydroxylation is 1. The van der Waals surface area contributed by atoms with E-state index in [1.165, 1.54) is 5.56 Å². The molecule has 0 spiro atoms. The lowest BCUT2D eigenvalue weighted by Crippen LogP contribution is -2.40. The van der Waals surface area contributed by atoms with E-state index >= 15 is 0 Å². The fraction of sp³-hybridized carbons (Fsp3) is 0.611. The molecule has 0 radical (unpaired) electrons. The molecule has 122 valence electrons. The van der Waals surface area contributed by atoms with Gasteiger partial charge in [0.15, 0.2) is 0 Å². The standard InChI is InChI=1S/C18H28N2O2/c1-15-4-3-5-17(12-15)13-18(21)19-14-16-6-8-20(9-7-16)10-11-22-2/h3-5,12,16H,6-11,13-14H2,1-2H3,(H,19,21). The Kier molecular flexibility index (Phi) is 6.87. The zero-order valence-corrected chi connectivity index (χ0v) is 13.8. The van der Waals surface area contributed by atoms with Gasteiger partial charge in [-0.2, -0.15) is 0 Å². The van der Waals surface area contributed by atoms with Crippen molar-refractivity contribution in [3.05, 3.63) is 35.4 Å². The van der Waals surface area contributed by atoms with Crippen LogP contribution in [0.4, 0.5) is 0 Å². The molecule has 0 aliphatic carbocycles. The fourth-order valence-electron chi connectivity index (χ4n) is 2.96. The lowest BCUT2D eigenvalue weighted by atomic mass is 9.96. The van der Waals surface area contributed by atoms with Gasteiger partial charge in [0.2, 0.25) is 5.91 Å². The highest BCUT2D eigenvalue weighted by molar-refractivity contribution is 5.78. The molecule has 0 unspecified atom stereocenters. The zero-order chi connectivity index (χ0) is 15.8. The number of hydrogen-bond donors (Lipinski definition) is 1. The first-order valence-corrected chi connectivity index (χ1v) is 8.21. The minimum absolute atomic E-state index is 0.132. The topological polar surface area (TPSA) is 41.6 Å². The van der Waals surface area contributed by atoms with Gasteiger partial charge in [0, 0.05) is 20.2 Å². The van der Waals surface area contributed by atoms with Crippen LogP contribution in [0.5, 0.6) is 0 Å². The highest BCUT2D eigenvalue weighted by atomic mass is 16.5. The molecule has 1 N–H and O–H groups in total. The number of nitrogens with zero attached hydrogens (tertiary/aromatic N) is 1. The zero-order valence-electron chi connectivity index (χ0n) is 13.8. The van der Waals surface area contributed by atoms with Crippen molar-refractivity contribution in [3.63, 3.8) is 0 Å². The first-order chi connectivity index (χ1) is 10.7. The fourth-order valence-corrected chi connectivity index (χ4v) is 2.96. The summed E-state index contributed by atoms with van der Waals surface area (Å²) < 4.78 is 5.12. The molecule has 0 bridgehead atoms. The van der Waals surface area contributed by atoms with Crippen molar-refractivity contribution in [1.29, 1.82) is 0 Å². The average Bonchev–Trinajstić information content (AvgIpc) is 2.52. The third-order valence-corrected chi connectivity index (χ3v) is 4.35. The molecule has 1 aromatic carbocycles. The summed E-state index contributed by atoms with van der Waals surface area (Å²) in [6, 6.07) is 8.15. The summed E-state index contributed by atoms with van der Waals surface area (Å²) in [5.74, 6) is 0.743. The maximum Gasteiger partial charge on any atom is 0.224 e. The third kappa shape index (κ3) is 5.78. The van der Waals surface area contributed by atoms with Gasteiger partial charge in [0.1, 0.15) is 0 Å². The number of carbonyl (C=O) groups is 1. The molecule has 1 heterocycles. The monoisotopic (exact) mass is 304 g/mol. The highest BCUT2D eigenvalue weighted by Gasteiger charge is 2.19. The molecule has 1 amide bonds. The molecule has 1 aliphatic rings. The van der Waals surface area contributed by atoms with Crippen molar-refractivity contribution in [2.45, 2.75) is 26.2 Å². The van der Waals surface area contributed by atoms with Crippen LogP contribution in [0.15, 0.2) is 24.3 Å². The Morgan fingerprint density at radius 2 is 2.14 bits per heavy atom. The number of methoxy groups -OCH3 is 1. The highest BCUT2D eigenvalue weighted by Crippen LogP contribution is 2.16. The molecular weight excluding hydrogens is 276 g/mol. The smallest absolute Gasteiger partial charge is 0.224 e. The van der Waals surface area contributed by atoms with Crippen LogP contribution in [0.3, 0.4) is 0 Å². The number of piperidine rings is 1. The van der Waals surface area contributed by atoms with Crippen molar-refractivity contribution in [2.24, 2.45) is 5.92 Å². The van der Waals surface area contributed by atoms with Crippen LogP contribution < -0.4 is 5.32 Å². The van der Waals surface area contributed by atoms with Crippen LogP contribution in [0.2, 0.25) is 0 Å². The van der Waals surface area contributed by atoms with Crippen LogP contribution in [0, 0.1) is 12.8 Å². The largest absolute Gasteiger partial charge is 0.383 e. The van der Waals surface area contributed by atoms with Crippen molar-refractivity contribution in [3.8, 4) is 0 Å². The molecule has 4 nitrogen and oxygen atoms in total. The van der Waals surface area contributed by atoms with Gasteiger partial charge in [-0.15, -0.1) is 0 Å². The Bertz CT molecular complexity index is 468. The van der Waals surface area contributed by atoms with E-state index in [-0.39, 0.29) is 5.91 Å². The Hall–Kier alpha value is -1.39. The number of benzene rings is 1. The Morgan fingerprint density at radius 3 is 2.82 bits per heavy atom. The summed E-state index contributed by atoms with van der Waals surface area (Å²) in [6.45, 7) is 6.91. The van der Waals surface area contributed by atoms with E-state index in [2.05, 4.69) is 29.3 Å². The average molecular weight is 304 g/mol. The number of rotatable bonds is 7. The van der Waals surface area contributed by atoms with E-state index in [9.17, 15) is 4.79 Å². The van der Waals surface area contributed by atoms with Crippen LogP contribution in [-0.2, 0) is 16.0 Å². The molecule has 0 saturated carbocycles. The number of carbonyl (C=O) groups excluding carboxylic acids is 1. The Balaban J connectivity index is 1.65. The van der Waals surface area contributed by atoms with E-state index in [4.69, 9.17) is 4.74 Å². The van der Waals surface area contributed by atoms with Crippen molar-refractivity contribution < 1.29 is 9.53 Å². The van der Waals surface area contributed by atoms with Gasteiger partial charge in [0.25, 0.3) is 0 Å². The summed E-state index contributed by atoms with van der Waals surface area (Å²) in [7, 11) is 1.75. The summed E-state index contributed by atoms with van der Waals surface area (Å²) >= 11 is 0. The number of nitrogens with one attached hydrogen (secondary N) is 1. The molecule has 1 fully saturated rings. The summed E-state index contributed by atoms with van der Waals surface area (Å²) in [5, 5.41) is 3.10. The number of ether oxygens (including phenoxy) is 1. The SMILES string of the molecule is COCCN1CCC(CNC(=O)Cc2cccc(C)c2)CC1. The van der Waals surface area contributed by atoms with Crippen LogP contribution in [-0.4, -0.2) is 50.7 Å². The first kappa shape index (κ1) is 17.0. The van der Waals surface area contributed by atoms with Gasteiger partial charge in [-0.1, -0.05) is 29.8 Å². The number of hydrogen-bond acceptors (Lipinski definition) is 3. The van der Waals surface area contributed by atoms with Crippen LogP contribution in [0.25, 0.3) is 0 Å².